The van der Waals surface area contributed by atoms with E-state index in [1.54, 1.807) is 0 Å². The van der Waals surface area contributed by atoms with E-state index >= 15 is 0 Å². The Labute approximate surface area is 127 Å². The van der Waals surface area contributed by atoms with Gasteiger partial charge >= 0.3 is 0 Å². The standard InChI is InChI=1S/C17H26N2O2/c1-13(2)18-17(21)16-7-9-19(10-8-16)11-14-3-5-15(12-20)6-4-14/h3-6,13,16,20H,7-12H2,1-2H3,(H,18,21). The molecule has 1 aliphatic rings. The summed E-state index contributed by atoms with van der Waals surface area (Å²) in [6.07, 6.45) is 1.88. The Bertz CT molecular complexity index is 448. The number of nitrogens with one attached hydrogen (secondary N) is 1. The average Bonchev–Trinajstić information content (AvgIpc) is 2.48. The lowest BCUT2D eigenvalue weighted by atomic mass is 9.95. The molecule has 0 unspecified atom stereocenters. The van der Waals surface area contributed by atoms with Gasteiger partial charge < -0.3 is 10.4 Å². The fourth-order valence-corrected chi connectivity index (χ4v) is 2.76. The summed E-state index contributed by atoms with van der Waals surface area (Å²) in [6, 6.07) is 8.31. The number of benzene rings is 1. The molecule has 0 aromatic heterocycles. The SMILES string of the molecule is CC(C)NC(=O)C1CCN(Cc2ccc(CO)cc2)CC1. The summed E-state index contributed by atoms with van der Waals surface area (Å²) in [6.45, 7) is 6.96. The Morgan fingerprint density at radius 3 is 2.33 bits per heavy atom. The lowest BCUT2D eigenvalue weighted by molar-refractivity contribution is -0.127. The van der Waals surface area contributed by atoms with Crippen molar-refractivity contribution in [3.63, 3.8) is 0 Å². The third-order valence-corrected chi connectivity index (χ3v) is 4.00. The molecule has 4 nitrogen and oxygen atoms in total. The van der Waals surface area contributed by atoms with E-state index in [9.17, 15) is 4.79 Å². The van der Waals surface area contributed by atoms with Gasteiger partial charge in [-0.2, -0.15) is 0 Å². The Hall–Kier alpha value is -1.39. The smallest absolute Gasteiger partial charge is 0.223 e. The van der Waals surface area contributed by atoms with E-state index in [1.807, 2.05) is 26.0 Å². The van der Waals surface area contributed by atoms with Gasteiger partial charge in [-0.3, -0.25) is 9.69 Å². The van der Waals surface area contributed by atoms with Crippen LogP contribution in [0.1, 0.15) is 37.8 Å². The normalized spacial score (nSPS) is 17.1. The lowest BCUT2D eigenvalue weighted by Crippen LogP contribution is -2.42. The highest BCUT2D eigenvalue weighted by Crippen LogP contribution is 2.19. The van der Waals surface area contributed by atoms with Crippen molar-refractivity contribution in [2.75, 3.05) is 13.1 Å². The van der Waals surface area contributed by atoms with Crippen molar-refractivity contribution in [3.05, 3.63) is 35.4 Å². The average molecular weight is 290 g/mol. The van der Waals surface area contributed by atoms with E-state index in [2.05, 4.69) is 22.3 Å². The summed E-state index contributed by atoms with van der Waals surface area (Å²) >= 11 is 0. The molecule has 2 rings (SSSR count). The van der Waals surface area contributed by atoms with E-state index in [0.29, 0.717) is 0 Å². The molecule has 0 spiro atoms. The first-order chi connectivity index (χ1) is 10.1. The Morgan fingerprint density at radius 1 is 1.24 bits per heavy atom. The number of likely N-dealkylation sites (tertiary alicyclic amines) is 1. The molecule has 1 aliphatic heterocycles. The highest BCUT2D eigenvalue weighted by molar-refractivity contribution is 5.78. The van der Waals surface area contributed by atoms with Crippen LogP contribution in [-0.2, 0) is 17.9 Å². The van der Waals surface area contributed by atoms with Gasteiger partial charge in [0.15, 0.2) is 0 Å². The summed E-state index contributed by atoms with van der Waals surface area (Å²) in [5.74, 6) is 0.373. The second kappa shape index (κ2) is 7.57. The van der Waals surface area contributed by atoms with Crippen LogP contribution in [0.15, 0.2) is 24.3 Å². The number of nitrogens with zero attached hydrogens (tertiary/aromatic N) is 1. The number of carbonyl (C=O) groups excluding carboxylic acids is 1. The van der Waals surface area contributed by atoms with Crippen LogP contribution < -0.4 is 5.32 Å². The molecular weight excluding hydrogens is 264 g/mol. The summed E-state index contributed by atoms with van der Waals surface area (Å²) in [4.78, 5) is 14.4. The fourth-order valence-electron chi connectivity index (χ4n) is 2.76. The number of hydrogen-bond donors (Lipinski definition) is 2. The number of piperidine rings is 1. The zero-order valence-corrected chi connectivity index (χ0v) is 13.0. The largest absolute Gasteiger partial charge is 0.392 e. The zero-order chi connectivity index (χ0) is 15.2. The number of amides is 1. The molecule has 1 heterocycles. The zero-order valence-electron chi connectivity index (χ0n) is 13.0. The minimum Gasteiger partial charge on any atom is -0.392 e. The maximum Gasteiger partial charge on any atom is 0.223 e. The molecule has 0 radical (unpaired) electrons. The number of hydrogen-bond acceptors (Lipinski definition) is 3. The first kappa shape index (κ1) is 16.0. The van der Waals surface area contributed by atoms with Crippen molar-refractivity contribution < 1.29 is 9.90 Å². The van der Waals surface area contributed by atoms with Gasteiger partial charge in [0.05, 0.1) is 6.61 Å². The van der Waals surface area contributed by atoms with Crippen molar-refractivity contribution in [1.82, 2.24) is 10.2 Å². The van der Waals surface area contributed by atoms with E-state index in [0.717, 1.165) is 38.0 Å². The molecule has 1 aromatic rings. The van der Waals surface area contributed by atoms with Crippen LogP contribution in [0.4, 0.5) is 0 Å². The van der Waals surface area contributed by atoms with Gasteiger partial charge in [0.1, 0.15) is 0 Å². The molecule has 1 fully saturated rings. The van der Waals surface area contributed by atoms with Crippen LogP contribution in [0.25, 0.3) is 0 Å². The second-order valence-corrected chi connectivity index (χ2v) is 6.19. The maximum absolute atomic E-state index is 12.0. The van der Waals surface area contributed by atoms with Gasteiger partial charge in [0, 0.05) is 18.5 Å². The Kier molecular flexibility index (Phi) is 5.76. The summed E-state index contributed by atoms with van der Waals surface area (Å²) in [7, 11) is 0. The summed E-state index contributed by atoms with van der Waals surface area (Å²) < 4.78 is 0. The highest BCUT2D eigenvalue weighted by Gasteiger charge is 2.25. The van der Waals surface area contributed by atoms with Crippen molar-refractivity contribution in [2.45, 2.75) is 45.9 Å². The van der Waals surface area contributed by atoms with Gasteiger partial charge in [-0.25, -0.2) is 0 Å². The predicted octanol–water partition coefficient (Wildman–Crippen LogP) is 1.92. The third-order valence-electron chi connectivity index (χ3n) is 4.00. The van der Waals surface area contributed by atoms with Crippen LogP contribution in [0.5, 0.6) is 0 Å². The van der Waals surface area contributed by atoms with E-state index < -0.39 is 0 Å². The molecule has 116 valence electrons. The quantitative estimate of drug-likeness (QED) is 0.871. The van der Waals surface area contributed by atoms with Crippen molar-refractivity contribution in [3.8, 4) is 0 Å². The second-order valence-electron chi connectivity index (χ2n) is 6.19. The van der Waals surface area contributed by atoms with Gasteiger partial charge in [0.25, 0.3) is 0 Å². The van der Waals surface area contributed by atoms with Crippen LogP contribution in [0.2, 0.25) is 0 Å². The highest BCUT2D eigenvalue weighted by atomic mass is 16.3. The van der Waals surface area contributed by atoms with Crippen LogP contribution in [0.3, 0.4) is 0 Å². The number of carbonyl (C=O) groups is 1. The predicted molar refractivity (Wildman–Crippen MR) is 83.6 cm³/mol. The molecule has 4 heteroatoms. The first-order valence-corrected chi connectivity index (χ1v) is 7.80. The molecule has 1 saturated heterocycles. The van der Waals surface area contributed by atoms with E-state index in [4.69, 9.17) is 5.11 Å². The van der Waals surface area contributed by atoms with E-state index in [1.165, 1.54) is 5.56 Å². The molecule has 1 aromatic carbocycles. The van der Waals surface area contributed by atoms with Gasteiger partial charge in [-0.15, -0.1) is 0 Å². The Balaban J connectivity index is 1.79. The molecule has 2 N–H and O–H groups in total. The van der Waals surface area contributed by atoms with Crippen LogP contribution in [-0.4, -0.2) is 35.0 Å². The molecule has 0 aliphatic carbocycles. The molecule has 1 amide bonds. The lowest BCUT2D eigenvalue weighted by Gasteiger charge is -2.31. The first-order valence-electron chi connectivity index (χ1n) is 7.80. The maximum atomic E-state index is 12.0. The minimum absolute atomic E-state index is 0.0939. The molecule has 0 atom stereocenters. The van der Waals surface area contributed by atoms with Crippen molar-refractivity contribution >= 4 is 5.91 Å². The third kappa shape index (κ3) is 4.83. The molecular formula is C17H26N2O2. The monoisotopic (exact) mass is 290 g/mol. The number of aliphatic hydroxyl groups is 1. The summed E-state index contributed by atoms with van der Waals surface area (Å²) in [5.41, 5.74) is 2.21. The topological polar surface area (TPSA) is 52.6 Å². The minimum atomic E-state index is 0.0939. The van der Waals surface area contributed by atoms with Crippen molar-refractivity contribution in [1.29, 1.82) is 0 Å². The number of aliphatic hydroxyl groups excluding tert-OH is 1. The molecule has 0 bridgehead atoms. The van der Waals surface area contributed by atoms with E-state index in [-0.39, 0.29) is 24.5 Å². The van der Waals surface area contributed by atoms with Gasteiger partial charge in [0.2, 0.25) is 5.91 Å². The van der Waals surface area contributed by atoms with Crippen LogP contribution >= 0.6 is 0 Å². The van der Waals surface area contributed by atoms with Gasteiger partial charge in [-0.1, -0.05) is 24.3 Å². The number of rotatable bonds is 5. The van der Waals surface area contributed by atoms with Crippen LogP contribution in [0, 0.1) is 5.92 Å². The summed E-state index contributed by atoms with van der Waals surface area (Å²) in [5, 5.41) is 12.1. The molecule has 21 heavy (non-hydrogen) atoms. The van der Waals surface area contributed by atoms with Crippen molar-refractivity contribution in [2.24, 2.45) is 5.92 Å². The van der Waals surface area contributed by atoms with Gasteiger partial charge in [-0.05, 0) is 50.9 Å². The Morgan fingerprint density at radius 2 is 1.81 bits per heavy atom. The fraction of sp³-hybridized carbons (Fsp3) is 0.588. The molecule has 0 saturated carbocycles.